The largest absolute Gasteiger partial charge is 0.308 e. The lowest BCUT2D eigenvalue weighted by Crippen LogP contribution is -2.30. The minimum Gasteiger partial charge on any atom is -0.308 e. The molecule has 0 spiro atoms. The quantitative estimate of drug-likeness (QED) is 0.443. The van der Waals surface area contributed by atoms with E-state index in [-0.39, 0.29) is 11.5 Å². The number of amides is 1. The third-order valence-electron chi connectivity index (χ3n) is 5.40. The van der Waals surface area contributed by atoms with Gasteiger partial charge in [-0.05, 0) is 44.0 Å². The van der Waals surface area contributed by atoms with Gasteiger partial charge in [0.1, 0.15) is 0 Å². The molecule has 0 bridgehead atoms. The number of hydrogen-bond acceptors (Lipinski definition) is 3. The number of hydrogen-bond donors (Lipinski definition) is 0. The summed E-state index contributed by atoms with van der Waals surface area (Å²) in [6, 6.07) is 17.7. The molecule has 5 heteroatoms. The normalized spacial score (nSPS) is 11.3. The number of para-hydroxylation sites is 2. The van der Waals surface area contributed by atoms with E-state index in [9.17, 15) is 9.59 Å². The third-order valence-corrected chi connectivity index (χ3v) is 6.56. The topological polar surface area (TPSA) is 42.3 Å². The van der Waals surface area contributed by atoms with Crippen LogP contribution in [0.5, 0.6) is 0 Å². The molecule has 2 heterocycles. The van der Waals surface area contributed by atoms with Crippen LogP contribution in [-0.4, -0.2) is 17.0 Å². The highest BCUT2D eigenvalue weighted by atomic mass is 32.1. The van der Waals surface area contributed by atoms with Crippen molar-refractivity contribution in [3.63, 3.8) is 0 Å². The number of carbonyl (C=O) groups is 1. The van der Waals surface area contributed by atoms with Gasteiger partial charge in [0.2, 0.25) is 0 Å². The molecule has 2 aromatic heterocycles. The summed E-state index contributed by atoms with van der Waals surface area (Å²) < 4.78 is 2.67. The fraction of sp³-hybridized carbons (Fsp3) is 0.250. The van der Waals surface area contributed by atoms with Gasteiger partial charge in [-0.2, -0.15) is 0 Å². The lowest BCUT2D eigenvalue weighted by atomic mass is 10.1. The predicted molar refractivity (Wildman–Crippen MR) is 122 cm³/mol. The third kappa shape index (κ3) is 3.15. The van der Waals surface area contributed by atoms with Crippen LogP contribution in [0.3, 0.4) is 0 Å². The Morgan fingerprint density at radius 1 is 1.00 bits per heavy atom. The van der Waals surface area contributed by atoms with E-state index in [1.54, 1.807) is 10.6 Å². The number of rotatable bonds is 5. The summed E-state index contributed by atoms with van der Waals surface area (Å²) in [5.41, 5.74) is 2.96. The Bertz CT molecular complexity index is 1270. The summed E-state index contributed by atoms with van der Waals surface area (Å²) in [5, 5.41) is 1.64. The molecule has 0 N–H and O–H groups in total. The smallest absolute Gasteiger partial charge is 0.268 e. The maximum absolute atomic E-state index is 13.4. The Morgan fingerprint density at radius 3 is 2.45 bits per heavy atom. The molecule has 0 saturated heterocycles. The van der Waals surface area contributed by atoms with Gasteiger partial charge in [-0.3, -0.25) is 9.59 Å². The van der Waals surface area contributed by atoms with Crippen LogP contribution in [-0.2, 0) is 13.0 Å². The van der Waals surface area contributed by atoms with Gasteiger partial charge in [0.15, 0.2) is 0 Å². The maximum Gasteiger partial charge on any atom is 0.268 e. The minimum atomic E-state index is -0.0545. The molecule has 4 aromatic rings. The molecule has 0 aliphatic rings. The van der Waals surface area contributed by atoms with Crippen LogP contribution in [0.4, 0.5) is 5.69 Å². The van der Waals surface area contributed by atoms with E-state index >= 15 is 0 Å². The summed E-state index contributed by atoms with van der Waals surface area (Å²) >= 11 is 1.42. The van der Waals surface area contributed by atoms with Gasteiger partial charge in [-0.25, -0.2) is 0 Å². The van der Waals surface area contributed by atoms with E-state index in [2.05, 4.69) is 13.0 Å². The molecule has 0 unspecified atom stereocenters. The van der Waals surface area contributed by atoms with Gasteiger partial charge < -0.3 is 9.47 Å². The van der Waals surface area contributed by atoms with Crippen LogP contribution in [0.1, 0.15) is 36.0 Å². The molecule has 0 fully saturated rings. The van der Waals surface area contributed by atoms with Crippen molar-refractivity contribution >= 4 is 43.9 Å². The number of fused-ring (bicyclic) bond motifs is 3. The standard InChI is InChI=1S/C24H24N2O2S/c1-4-16-11-7-9-13-19(16)25(5-2)24(28)21-15-18-22(29-21)17-12-8-10-14-20(17)26(6-3)23(18)27/h7-15H,4-6H2,1-3H3. The minimum absolute atomic E-state index is 0.0338. The van der Waals surface area contributed by atoms with Crippen molar-refractivity contribution in [2.24, 2.45) is 0 Å². The van der Waals surface area contributed by atoms with Crippen molar-refractivity contribution in [3.8, 4) is 0 Å². The van der Waals surface area contributed by atoms with Crippen molar-refractivity contribution in [1.82, 2.24) is 4.57 Å². The summed E-state index contributed by atoms with van der Waals surface area (Å²) in [6.07, 6.45) is 0.859. The SMILES string of the molecule is CCc1ccccc1N(CC)C(=O)c1cc2c(=O)n(CC)c3ccccc3c2s1. The first-order valence-corrected chi connectivity index (χ1v) is 10.9. The van der Waals surface area contributed by atoms with Crippen molar-refractivity contribution in [2.75, 3.05) is 11.4 Å². The average molecular weight is 405 g/mol. The average Bonchev–Trinajstić information content (AvgIpc) is 3.21. The summed E-state index contributed by atoms with van der Waals surface area (Å²) in [4.78, 5) is 28.9. The molecule has 148 valence electrons. The highest BCUT2D eigenvalue weighted by molar-refractivity contribution is 7.21. The first-order valence-electron chi connectivity index (χ1n) is 10.1. The molecule has 0 radical (unpaired) electrons. The molecular weight excluding hydrogens is 380 g/mol. The van der Waals surface area contributed by atoms with Gasteiger partial charge in [0.05, 0.1) is 15.8 Å². The molecular formula is C24H24N2O2S. The highest BCUT2D eigenvalue weighted by Gasteiger charge is 2.22. The van der Waals surface area contributed by atoms with E-state index in [0.29, 0.717) is 23.4 Å². The Balaban J connectivity index is 1.90. The van der Waals surface area contributed by atoms with Gasteiger partial charge in [0.25, 0.3) is 11.5 Å². The van der Waals surface area contributed by atoms with Crippen LogP contribution in [0.2, 0.25) is 0 Å². The van der Waals surface area contributed by atoms with Crippen LogP contribution < -0.4 is 10.5 Å². The zero-order valence-corrected chi connectivity index (χ0v) is 17.8. The summed E-state index contributed by atoms with van der Waals surface area (Å²) in [6.45, 7) is 7.22. The number of anilines is 1. The first-order chi connectivity index (χ1) is 14.1. The van der Waals surface area contributed by atoms with Gasteiger partial charge in [-0.15, -0.1) is 11.3 Å². The van der Waals surface area contributed by atoms with E-state index in [0.717, 1.165) is 33.3 Å². The molecule has 4 nitrogen and oxygen atoms in total. The van der Waals surface area contributed by atoms with E-state index < -0.39 is 0 Å². The Hall–Kier alpha value is -2.92. The molecule has 0 saturated carbocycles. The Labute approximate surface area is 174 Å². The van der Waals surface area contributed by atoms with Crippen molar-refractivity contribution in [3.05, 3.63) is 75.4 Å². The second-order valence-electron chi connectivity index (χ2n) is 6.95. The number of thiophene rings is 1. The van der Waals surface area contributed by atoms with Crippen LogP contribution in [0, 0.1) is 0 Å². The van der Waals surface area contributed by atoms with Crippen molar-refractivity contribution in [1.29, 1.82) is 0 Å². The molecule has 1 amide bonds. The van der Waals surface area contributed by atoms with Gasteiger partial charge in [0, 0.05) is 28.9 Å². The Morgan fingerprint density at radius 2 is 1.72 bits per heavy atom. The van der Waals surface area contributed by atoms with Crippen LogP contribution in [0.15, 0.2) is 59.4 Å². The summed E-state index contributed by atoms with van der Waals surface area (Å²) in [5.74, 6) is -0.0545. The number of aryl methyl sites for hydroxylation is 2. The van der Waals surface area contributed by atoms with Gasteiger partial charge in [-0.1, -0.05) is 43.3 Å². The molecule has 0 atom stereocenters. The lowest BCUT2D eigenvalue weighted by Gasteiger charge is -2.23. The van der Waals surface area contributed by atoms with E-state index in [1.165, 1.54) is 11.3 Å². The highest BCUT2D eigenvalue weighted by Crippen LogP contribution is 2.32. The van der Waals surface area contributed by atoms with E-state index in [1.807, 2.05) is 61.2 Å². The fourth-order valence-electron chi connectivity index (χ4n) is 3.95. The number of benzene rings is 2. The van der Waals surface area contributed by atoms with E-state index in [4.69, 9.17) is 0 Å². The van der Waals surface area contributed by atoms with Crippen LogP contribution >= 0.6 is 11.3 Å². The predicted octanol–water partition coefficient (Wildman–Crippen LogP) is 5.47. The zero-order chi connectivity index (χ0) is 20.5. The second kappa shape index (κ2) is 7.84. The Kier molecular flexibility index (Phi) is 5.24. The maximum atomic E-state index is 13.4. The van der Waals surface area contributed by atoms with Gasteiger partial charge >= 0.3 is 0 Å². The number of aromatic nitrogens is 1. The number of carbonyl (C=O) groups excluding carboxylic acids is 1. The zero-order valence-electron chi connectivity index (χ0n) is 16.9. The number of pyridine rings is 1. The van der Waals surface area contributed by atoms with Crippen molar-refractivity contribution in [2.45, 2.75) is 33.7 Å². The molecule has 2 aromatic carbocycles. The van der Waals surface area contributed by atoms with Crippen molar-refractivity contribution < 1.29 is 4.79 Å². The molecule has 29 heavy (non-hydrogen) atoms. The second-order valence-corrected chi connectivity index (χ2v) is 8.00. The summed E-state index contributed by atoms with van der Waals surface area (Å²) in [7, 11) is 0. The monoisotopic (exact) mass is 404 g/mol. The molecule has 4 rings (SSSR count). The number of nitrogens with zero attached hydrogens (tertiary/aromatic N) is 2. The fourth-order valence-corrected chi connectivity index (χ4v) is 5.09. The molecule has 0 aliphatic carbocycles. The first kappa shape index (κ1) is 19.4. The van der Waals surface area contributed by atoms with Crippen LogP contribution in [0.25, 0.3) is 21.0 Å². The molecule has 0 aliphatic heterocycles. The lowest BCUT2D eigenvalue weighted by molar-refractivity contribution is 0.0992.